The van der Waals surface area contributed by atoms with Gasteiger partial charge >= 0.3 is 0 Å². The van der Waals surface area contributed by atoms with Crippen LogP contribution in [0.2, 0.25) is 0 Å². The van der Waals surface area contributed by atoms with E-state index in [1.807, 2.05) is 6.92 Å². The Kier molecular flexibility index (Phi) is 6.18. The third-order valence-electron chi connectivity index (χ3n) is 5.30. The fourth-order valence-electron chi connectivity index (χ4n) is 3.61. The van der Waals surface area contributed by atoms with Crippen LogP contribution in [0.5, 0.6) is 0 Å². The smallest absolute Gasteiger partial charge is 0.263 e. The van der Waals surface area contributed by atoms with E-state index in [4.69, 9.17) is 0 Å². The summed E-state index contributed by atoms with van der Waals surface area (Å²) in [4.78, 5) is 35.6. The highest BCUT2D eigenvalue weighted by molar-refractivity contribution is 7.11. The van der Waals surface area contributed by atoms with Crippen molar-refractivity contribution < 1.29 is 14.0 Å². The molecule has 1 aliphatic heterocycles. The molecule has 0 fully saturated rings. The van der Waals surface area contributed by atoms with Crippen LogP contribution >= 0.6 is 11.3 Å². The Morgan fingerprint density at radius 1 is 1.29 bits per heavy atom. The second-order valence-electron chi connectivity index (χ2n) is 7.24. The zero-order valence-corrected chi connectivity index (χ0v) is 17.8. The fraction of sp³-hybridized carbons (Fsp3) is 0.217. The maximum absolute atomic E-state index is 13.8. The van der Waals surface area contributed by atoms with Gasteiger partial charge in [-0.05, 0) is 42.2 Å². The summed E-state index contributed by atoms with van der Waals surface area (Å²) in [6.07, 6.45) is 6.91. The van der Waals surface area contributed by atoms with Crippen molar-refractivity contribution in [2.45, 2.75) is 26.4 Å². The monoisotopic (exact) mass is 436 g/mol. The number of carbonyl (C=O) groups excluding carboxylic acids is 2. The second kappa shape index (κ2) is 9.18. The minimum Gasteiger partial charge on any atom is -0.347 e. The molecule has 0 saturated carbocycles. The van der Waals surface area contributed by atoms with E-state index in [1.54, 1.807) is 41.0 Å². The van der Waals surface area contributed by atoms with Crippen molar-refractivity contribution in [2.24, 2.45) is 0 Å². The molecule has 0 saturated heterocycles. The number of rotatable bonds is 5. The van der Waals surface area contributed by atoms with Crippen molar-refractivity contribution in [3.05, 3.63) is 86.9 Å². The average molecular weight is 437 g/mol. The quantitative estimate of drug-likeness (QED) is 0.621. The molecular formula is C23H21FN4O2S. The number of carbonyl (C=O) groups is 2. The van der Waals surface area contributed by atoms with Crippen molar-refractivity contribution in [3.63, 3.8) is 0 Å². The second-order valence-corrected chi connectivity index (χ2v) is 8.13. The molecule has 3 heterocycles. The predicted octanol–water partition coefficient (Wildman–Crippen LogP) is 3.51. The van der Waals surface area contributed by atoms with Crippen LogP contribution in [0.3, 0.4) is 0 Å². The van der Waals surface area contributed by atoms with E-state index in [0.717, 1.165) is 22.4 Å². The number of aromatic nitrogens is 2. The van der Waals surface area contributed by atoms with Crippen LogP contribution in [0.25, 0.3) is 6.08 Å². The Morgan fingerprint density at radius 2 is 2.13 bits per heavy atom. The van der Waals surface area contributed by atoms with Crippen molar-refractivity contribution >= 4 is 29.2 Å². The maximum Gasteiger partial charge on any atom is 0.263 e. The van der Waals surface area contributed by atoms with Crippen LogP contribution in [0.4, 0.5) is 4.39 Å². The van der Waals surface area contributed by atoms with Crippen LogP contribution in [-0.2, 0) is 24.3 Å². The number of fused-ring (bicyclic) bond motifs is 1. The number of thiazole rings is 1. The van der Waals surface area contributed by atoms with Gasteiger partial charge in [0.05, 0.1) is 11.7 Å². The number of amides is 2. The lowest BCUT2D eigenvalue weighted by molar-refractivity contribution is -0.126. The molecule has 0 unspecified atom stereocenters. The molecule has 0 bridgehead atoms. The van der Waals surface area contributed by atoms with Crippen LogP contribution in [-0.4, -0.2) is 33.2 Å². The van der Waals surface area contributed by atoms with E-state index in [2.05, 4.69) is 15.3 Å². The molecule has 0 spiro atoms. The largest absolute Gasteiger partial charge is 0.347 e. The molecule has 0 atom stereocenters. The van der Waals surface area contributed by atoms with Crippen LogP contribution in [0.15, 0.2) is 48.2 Å². The molecule has 0 aliphatic carbocycles. The number of nitrogens with one attached hydrogen (secondary N) is 1. The lowest BCUT2D eigenvalue weighted by atomic mass is 9.94. The van der Waals surface area contributed by atoms with Gasteiger partial charge in [0.15, 0.2) is 0 Å². The van der Waals surface area contributed by atoms with E-state index in [9.17, 15) is 14.0 Å². The summed E-state index contributed by atoms with van der Waals surface area (Å²) < 4.78 is 13.8. The number of halogens is 1. The number of hydrogen-bond donors (Lipinski definition) is 1. The first-order chi connectivity index (χ1) is 15.0. The van der Waals surface area contributed by atoms with E-state index in [1.165, 1.54) is 29.6 Å². The maximum atomic E-state index is 13.8. The Hall–Kier alpha value is -3.39. The van der Waals surface area contributed by atoms with Crippen LogP contribution < -0.4 is 5.32 Å². The highest BCUT2D eigenvalue weighted by atomic mass is 32.1. The molecule has 3 aromatic rings. The third kappa shape index (κ3) is 4.69. The summed E-state index contributed by atoms with van der Waals surface area (Å²) in [6.45, 7) is 3.27. The summed E-state index contributed by atoms with van der Waals surface area (Å²) >= 11 is 1.29. The van der Waals surface area contributed by atoms with Gasteiger partial charge < -0.3 is 10.2 Å². The van der Waals surface area contributed by atoms with E-state index in [-0.39, 0.29) is 17.6 Å². The van der Waals surface area contributed by atoms with E-state index < -0.39 is 0 Å². The molecule has 4 rings (SSSR count). The molecule has 0 radical (unpaired) electrons. The summed E-state index contributed by atoms with van der Waals surface area (Å²) in [6, 6.07) is 6.34. The molecule has 1 N–H and O–H groups in total. The zero-order chi connectivity index (χ0) is 21.8. The Labute approximate surface area is 183 Å². The average Bonchev–Trinajstić information content (AvgIpc) is 3.32. The molecule has 1 aliphatic rings. The van der Waals surface area contributed by atoms with E-state index in [0.29, 0.717) is 36.5 Å². The first kappa shape index (κ1) is 20.9. The SMILES string of the molecule is Cc1ncc2c(c1CNC(=O)c1cncs1)CCN(C(=O)/C=C/c1ccccc1F)C2. The van der Waals surface area contributed by atoms with Crippen molar-refractivity contribution in [3.8, 4) is 0 Å². The summed E-state index contributed by atoms with van der Waals surface area (Å²) in [5.41, 5.74) is 5.94. The number of pyridine rings is 1. The minimum absolute atomic E-state index is 0.162. The number of hydrogen-bond acceptors (Lipinski definition) is 5. The number of aryl methyl sites for hydroxylation is 1. The van der Waals surface area contributed by atoms with Gasteiger partial charge in [-0.3, -0.25) is 19.6 Å². The Balaban J connectivity index is 1.46. The highest BCUT2D eigenvalue weighted by Gasteiger charge is 2.23. The number of benzene rings is 1. The molecular weight excluding hydrogens is 415 g/mol. The molecule has 158 valence electrons. The van der Waals surface area contributed by atoms with Crippen molar-refractivity contribution in [2.75, 3.05) is 6.54 Å². The molecule has 8 heteroatoms. The molecule has 2 aromatic heterocycles. The van der Waals surface area contributed by atoms with Gasteiger partial charge in [-0.15, -0.1) is 11.3 Å². The molecule has 1 aromatic carbocycles. The molecule has 31 heavy (non-hydrogen) atoms. The standard InChI is InChI=1S/C23H21FN4O2S/c1-15-19(11-27-23(30)21-12-25-14-31-21)18-8-9-28(13-17(18)10-26-15)22(29)7-6-16-4-2-3-5-20(16)24/h2-7,10,12,14H,8-9,11,13H2,1H3,(H,27,30)/b7-6+. The minimum atomic E-state index is -0.361. The Bertz CT molecular complexity index is 1140. The summed E-state index contributed by atoms with van der Waals surface area (Å²) in [5.74, 6) is -0.694. The van der Waals surface area contributed by atoms with Crippen LogP contribution in [0.1, 0.15) is 37.6 Å². The van der Waals surface area contributed by atoms with Gasteiger partial charge in [-0.1, -0.05) is 18.2 Å². The first-order valence-electron chi connectivity index (χ1n) is 9.87. The third-order valence-corrected chi connectivity index (χ3v) is 6.07. The normalized spacial score (nSPS) is 13.3. The van der Waals surface area contributed by atoms with Crippen molar-refractivity contribution in [1.82, 2.24) is 20.2 Å². The van der Waals surface area contributed by atoms with Crippen LogP contribution in [0, 0.1) is 12.7 Å². The van der Waals surface area contributed by atoms with Gasteiger partial charge in [0.1, 0.15) is 10.7 Å². The van der Waals surface area contributed by atoms with Gasteiger partial charge in [0.25, 0.3) is 5.91 Å². The highest BCUT2D eigenvalue weighted by Crippen LogP contribution is 2.24. The Morgan fingerprint density at radius 3 is 2.90 bits per heavy atom. The molecule has 6 nitrogen and oxygen atoms in total. The first-order valence-corrected chi connectivity index (χ1v) is 10.8. The van der Waals surface area contributed by atoms with E-state index >= 15 is 0 Å². The van der Waals surface area contributed by atoms with Gasteiger partial charge in [0, 0.05) is 43.2 Å². The van der Waals surface area contributed by atoms with Crippen molar-refractivity contribution in [1.29, 1.82) is 0 Å². The van der Waals surface area contributed by atoms with Gasteiger partial charge in [-0.2, -0.15) is 0 Å². The summed E-state index contributed by atoms with van der Waals surface area (Å²) in [7, 11) is 0. The zero-order valence-electron chi connectivity index (χ0n) is 17.0. The molecule has 2 amide bonds. The van der Waals surface area contributed by atoms with Gasteiger partial charge in [-0.25, -0.2) is 4.39 Å². The lowest BCUT2D eigenvalue weighted by Gasteiger charge is -2.30. The fourth-order valence-corrected chi connectivity index (χ4v) is 4.14. The topological polar surface area (TPSA) is 75.2 Å². The summed E-state index contributed by atoms with van der Waals surface area (Å²) in [5, 5.41) is 2.93. The van der Waals surface area contributed by atoms with Gasteiger partial charge in [0.2, 0.25) is 5.91 Å². The number of nitrogens with zero attached hydrogens (tertiary/aromatic N) is 3. The predicted molar refractivity (Wildman–Crippen MR) is 117 cm³/mol. The lowest BCUT2D eigenvalue weighted by Crippen LogP contribution is -2.36.